The van der Waals surface area contributed by atoms with Gasteiger partial charge in [0, 0.05) is 11.1 Å². The molecule has 1 aliphatic rings. The molecule has 140 valence electrons. The van der Waals surface area contributed by atoms with Gasteiger partial charge >= 0.3 is 12.3 Å². The first-order valence-corrected chi connectivity index (χ1v) is 7.95. The van der Waals surface area contributed by atoms with Gasteiger partial charge in [-0.2, -0.15) is 0 Å². The topological polar surface area (TPSA) is 55.8 Å². The van der Waals surface area contributed by atoms with Gasteiger partial charge in [0.1, 0.15) is 17.3 Å². The third-order valence-electron chi connectivity index (χ3n) is 4.16. The molecule has 2 aromatic rings. The van der Waals surface area contributed by atoms with Crippen LogP contribution < -0.4 is 9.47 Å². The zero-order valence-corrected chi connectivity index (χ0v) is 14.4. The lowest BCUT2D eigenvalue weighted by molar-refractivity contribution is -0.274. The van der Waals surface area contributed by atoms with Crippen LogP contribution >= 0.6 is 0 Å². The van der Waals surface area contributed by atoms with Gasteiger partial charge in [0.15, 0.2) is 0 Å². The number of halogens is 3. The van der Waals surface area contributed by atoms with Crippen LogP contribution in [0.5, 0.6) is 11.5 Å². The van der Waals surface area contributed by atoms with E-state index in [2.05, 4.69) is 4.74 Å². The van der Waals surface area contributed by atoms with Crippen LogP contribution in [0, 0.1) is 0 Å². The summed E-state index contributed by atoms with van der Waals surface area (Å²) in [5.41, 5.74) is 2.57. The zero-order chi connectivity index (χ0) is 19.8. The Kier molecular flexibility index (Phi) is 4.70. The minimum Gasteiger partial charge on any atom is -0.478 e. The molecule has 7 heteroatoms. The molecule has 0 spiro atoms. The summed E-state index contributed by atoms with van der Waals surface area (Å²) in [7, 11) is 0. The smallest absolute Gasteiger partial charge is 0.478 e. The standard InChI is InChI=1S/C20H15F3O4/c1-11-12(2)26-18-8-5-14(9-15(18)10-17(11)19(24)25)13-3-6-16(7-4-13)27-20(21,22)23/h3-10H,1-2H3,(H,24,25). The van der Waals surface area contributed by atoms with Gasteiger partial charge in [0.25, 0.3) is 0 Å². The first-order valence-electron chi connectivity index (χ1n) is 7.95. The number of ether oxygens (including phenoxy) is 2. The highest BCUT2D eigenvalue weighted by atomic mass is 19.4. The van der Waals surface area contributed by atoms with Gasteiger partial charge in [-0.25, -0.2) is 4.79 Å². The summed E-state index contributed by atoms with van der Waals surface area (Å²) in [5, 5.41) is 9.42. The highest BCUT2D eigenvalue weighted by molar-refractivity contribution is 5.98. The molecular weight excluding hydrogens is 361 g/mol. The van der Waals surface area contributed by atoms with E-state index in [0.29, 0.717) is 33.8 Å². The van der Waals surface area contributed by atoms with Gasteiger partial charge in [-0.3, -0.25) is 0 Å². The molecule has 2 aromatic carbocycles. The summed E-state index contributed by atoms with van der Waals surface area (Å²) >= 11 is 0. The first-order chi connectivity index (χ1) is 12.6. The average Bonchev–Trinajstić information content (AvgIpc) is 2.71. The molecule has 0 fully saturated rings. The van der Waals surface area contributed by atoms with Crippen molar-refractivity contribution >= 4 is 12.0 Å². The van der Waals surface area contributed by atoms with E-state index in [9.17, 15) is 23.1 Å². The largest absolute Gasteiger partial charge is 0.573 e. The molecule has 0 aromatic heterocycles. The lowest BCUT2D eigenvalue weighted by Crippen LogP contribution is -2.16. The predicted molar refractivity (Wildman–Crippen MR) is 93.2 cm³/mol. The third-order valence-corrected chi connectivity index (χ3v) is 4.16. The van der Waals surface area contributed by atoms with Crippen LogP contribution in [0.1, 0.15) is 19.4 Å². The SMILES string of the molecule is CC1=C(C)C(C(=O)O)=Cc2cc(-c3ccc(OC(F)(F)F)cc3)ccc2O1. The number of carbonyl (C=O) groups is 1. The molecule has 0 amide bonds. The molecule has 0 radical (unpaired) electrons. The number of hydrogen-bond donors (Lipinski definition) is 1. The lowest BCUT2D eigenvalue weighted by Gasteiger charge is -2.11. The Hall–Kier alpha value is -3.22. The van der Waals surface area contributed by atoms with Crippen LogP contribution in [0.4, 0.5) is 13.2 Å². The molecule has 3 rings (SSSR count). The van der Waals surface area contributed by atoms with E-state index in [1.165, 1.54) is 30.3 Å². The van der Waals surface area contributed by atoms with Crippen molar-refractivity contribution in [3.8, 4) is 22.6 Å². The van der Waals surface area contributed by atoms with Crippen molar-refractivity contribution in [2.75, 3.05) is 0 Å². The van der Waals surface area contributed by atoms with E-state index in [1.807, 2.05) is 0 Å². The maximum atomic E-state index is 12.3. The summed E-state index contributed by atoms with van der Waals surface area (Å²) in [6.45, 7) is 3.36. The molecule has 4 nitrogen and oxygen atoms in total. The van der Waals surface area contributed by atoms with Crippen molar-refractivity contribution in [2.45, 2.75) is 20.2 Å². The maximum absolute atomic E-state index is 12.3. The fourth-order valence-electron chi connectivity index (χ4n) is 2.70. The Morgan fingerprint density at radius 2 is 1.67 bits per heavy atom. The van der Waals surface area contributed by atoms with E-state index >= 15 is 0 Å². The van der Waals surface area contributed by atoms with Crippen molar-refractivity contribution < 1.29 is 32.5 Å². The second-order valence-corrected chi connectivity index (χ2v) is 5.97. The zero-order valence-electron chi connectivity index (χ0n) is 14.4. The Bertz CT molecular complexity index is 954. The normalized spacial score (nSPS) is 14.0. The third kappa shape index (κ3) is 4.13. The molecule has 0 unspecified atom stereocenters. The molecule has 0 saturated carbocycles. The highest BCUT2D eigenvalue weighted by Gasteiger charge is 2.31. The number of alkyl halides is 3. The van der Waals surface area contributed by atoms with Crippen LogP contribution in [-0.4, -0.2) is 17.4 Å². The molecule has 0 aliphatic carbocycles. The quantitative estimate of drug-likeness (QED) is 0.779. The van der Waals surface area contributed by atoms with Crippen LogP contribution in [0.2, 0.25) is 0 Å². The summed E-state index contributed by atoms with van der Waals surface area (Å²) in [6.07, 6.45) is -3.22. The van der Waals surface area contributed by atoms with Crippen molar-refractivity contribution in [2.24, 2.45) is 0 Å². The summed E-state index contributed by atoms with van der Waals surface area (Å²) in [6, 6.07) is 10.6. The van der Waals surface area contributed by atoms with Gasteiger partial charge in [-0.15, -0.1) is 13.2 Å². The van der Waals surface area contributed by atoms with Gasteiger partial charge in [0.05, 0.1) is 5.57 Å². The number of carboxylic acid groups (broad SMARTS) is 1. The van der Waals surface area contributed by atoms with E-state index in [0.717, 1.165) is 0 Å². The predicted octanol–water partition coefficient (Wildman–Crippen LogP) is 5.41. The summed E-state index contributed by atoms with van der Waals surface area (Å²) < 4.78 is 46.4. The van der Waals surface area contributed by atoms with Gasteiger partial charge in [-0.05, 0) is 55.3 Å². The molecule has 0 saturated heterocycles. The van der Waals surface area contributed by atoms with E-state index in [1.54, 1.807) is 32.0 Å². The Balaban J connectivity index is 1.98. The molecule has 0 bridgehead atoms. The van der Waals surface area contributed by atoms with Crippen molar-refractivity contribution in [1.29, 1.82) is 0 Å². The first kappa shape index (κ1) is 18.6. The Labute approximate surface area is 153 Å². The van der Waals surface area contributed by atoms with Crippen molar-refractivity contribution in [3.05, 3.63) is 64.9 Å². The second-order valence-electron chi connectivity index (χ2n) is 5.97. The van der Waals surface area contributed by atoms with Gasteiger partial charge in [0.2, 0.25) is 0 Å². The molecule has 1 N–H and O–H groups in total. The number of carboxylic acids is 1. The van der Waals surface area contributed by atoms with E-state index in [-0.39, 0.29) is 11.3 Å². The molecule has 1 aliphatic heterocycles. The van der Waals surface area contributed by atoms with Gasteiger partial charge < -0.3 is 14.6 Å². The van der Waals surface area contributed by atoms with Crippen LogP contribution in [0.25, 0.3) is 17.2 Å². The summed E-state index contributed by atoms with van der Waals surface area (Å²) in [5.74, 6) is -0.386. The van der Waals surface area contributed by atoms with E-state index in [4.69, 9.17) is 4.74 Å². The number of aliphatic carboxylic acids is 1. The van der Waals surface area contributed by atoms with Crippen molar-refractivity contribution in [3.63, 3.8) is 0 Å². The lowest BCUT2D eigenvalue weighted by atomic mass is 9.99. The minimum absolute atomic E-state index is 0.123. The minimum atomic E-state index is -4.75. The summed E-state index contributed by atoms with van der Waals surface area (Å²) in [4.78, 5) is 11.5. The van der Waals surface area contributed by atoms with E-state index < -0.39 is 12.3 Å². The number of allylic oxidation sites excluding steroid dienone is 1. The monoisotopic (exact) mass is 376 g/mol. The van der Waals surface area contributed by atoms with Crippen molar-refractivity contribution in [1.82, 2.24) is 0 Å². The fraction of sp³-hybridized carbons (Fsp3) is 0.150. The number of fused-ring (bicyclic) bond motifs is 1. The van der Waals surface area contributed by atoms with Crippen LogP contribution in [0.3, 0.4) is 0 Å². The Morgan fingerprint density at radius 1 is 1.04 bits per heavy atom. The number of hydrogen-bond acceptors (Lipinski definition) is 3. The van der Waals surface area contributed by atoms with Gasteiger partial charge in [-0.1, -0.05) is 18.2 Å². The highest BCUT2D eigenvalue weighted by Crippen LogP contribution is 2.34. The molecule has 27 heavy (non-hydrogen) atoms. The van der Waals surface area contributed by atoms with Crippen LogP contribution in [0.15, 0.2) is 59.4 Å². The van der Waals surface area contributed by atoms with Crippen LogP contribution in [-0.2, 0) is 4.79 Å². The molecular formula is C20H15F3O4. The second kappa shape index (κ2) is 6.83. The molecule has 1 heterocycles. The average molecular weight is 376 g/mol. The molecule has 0 atom stereocenters. The number of rotatable bonds is 3. The Morgan fingerprint density at radius 3 is 2.26 bits per heavy atom. The fourth-order valence-corrected chi connectivity index (χ4v) is 2.70. The maximum Gasteiger partial charge on any atom is 0.573 e. The number of benzene rings is 2.